The molecule has 3 heterocycles. The molecule has 7 nitrogen and oxygen atoms in total. The van der Waals surface area contributed by atoms with E-state index in [4.69, 9.17) is 4.52 Å². The van der Waals surface area contributed by atoms with Crippen LogP contribution >= 0.6 is 0 Å². The van der Waals surface area contributed by atoms with E-state index in [1.165, 1.54) is 0 Å². The van der Waals surface area contributed by atoms with E-state index in [0.29, 0.717) is 31.1 Å². The Morgan fingerprint density at radius 1 is 1.43 bits per heavy atom. The van der Waals surface area contributed by atoms with Gasteiger partial charge in [0.2, 0.25) is 5.91 Å². The summed E-state index contributed by atoms with van der Waals surface area (Å²) in [7, 11) is 0. The minimum Gasteiger partial charge on any atom is -0.361 e. The lowest BCUT2D eigenvalue weighted by molar-refractivity contribution is -0.124. The number of aryl methyl sites for hydroxylation is 1. The molecular weight excluding hydrogens is 272 g/mol. The molecule has 0 spiro atoms. The average Bonchev–Trinajstić information content (AvgIpc) is 2.73. The summed E-state index contributed by atoms with van der Waals surface area (Å²) in [4.78, 5) is 28.6. The predicted molar refractivity (Wildman–Crippen MR) is 74.7 cm³/mol. The second kappa shape index (κ2) is 5.48. The summed E-state index contributed by atoms with van der Waals surface area (Å²) in [5, 5.41) is 6.81. The van der Waals surface area contributed by atoms with Crippen molar-refractivity contribution in [2.45, 2.75) is 19.9 Å². The van der Waals surface area contributed by atoms with Crippen molar-refractivity contribution < 1.29 is 14.1 Å². The summed E-state index contributed by atoms with van der Waals surface area (Å²) < 4.78 is 4.97. The molecule has 1 aromatic heterocycles. The van der Waals surface area contributed by atoms with E-state index in [1.807, 2.05) is 0 Å². The minimum absolute atomic E-state index is 0.0260. The lowest BCUT2D eigenvalue weighted by Crippen LogP contribution is -2.49. The van der Waals surface area contributed by atoms with E-state index < -0.39 is 0 Å². The number of amides is 2. The number of hydrogen-bond donors (Lipinski definition) is 1. The molecule has 114 valence electrons. The number of likely N-dealkylation sites (N-methyl/N-ethyl adjacent to an activating group) is 1. The average molecular weight is 292 g/mol. The molecular formula is C14H20N4O3. The van der Waals surface area contributed by atoms with Crippen molar-refractivity contribution in [3.63, 3.8) is 0 Å². The van der Waals surface area contributed by atoms with E-state index in [9.17, 15) is 9.59 Å². The zero-order chi connectivity index (χ0) is 15.0. The highest BCUT2D eigenvalue weighted by Crippen LogP contribution is 2.18. The summed E-state index contributed by atoms with van der Waals surface area (Å²) in [6.07, 6.45) is 0. The van der Waals surface area contributed by atoms with Gasteiger partial charge in [-0.15, -0.1) is 0 Å². The lowest BCUT2D eigenvalue weighted by atomic mass is 10.1. The molecule has 2 fully saturated rings. The van der Waals surface area contributed by atoms with Crippen LogP contribution in [0, 0.1) is 12.8 Å². The Hall–Kier alpha value is -1.89. The van der Waals surface area contributed by atoms with E-state index in [-0.39, 0.29) is 23.8 Å². The maximum atomic E-state index is 12.5. The maximum Gasteiger partial charge on any atom is 0.276 e. The van der Waals surface area contributed by atoms with E-state index >= 15 is 0 Å². The van der Waals surface area contributed by atoms with Crippen molar-refractivity contribution in [1.82, 2.24) is 20.3 Å². The van der Waals surface area contributed by atoms with Crippen LogP contribution in [0.15, 0.2) is 10.6 Å². The van der Waals surface area contributed by atoms with E-state index in [2.05, 4.69) is 22.3 Å². The fourth-order valence-corrected chi connectivity index (χ4v) is 3.05. The van der Waals surface area contributed by atoms with Crippen LogP contribution in [0.3, 0.4) is 0 Å². The summed E-state index contributed by atoms with van der Waals surface area (Å²) >= 11 is 0. The van der Waals surface area contributed by atoms with Crippen molar-refractivity contribution in [2.75, 3.05) is 32.7 Å². The monoisotopic (exact) mass is 292 g/mol. The first-order valence-electron chi connectivity index (χ1n) is 7.32. The fraction of sp³-hybridized carbons (Fsp3) is 0.643. The van der Waals surface area contributed by atoms with Gasteiger partial charge in [-0.3, -0.25) is 9.59 Å². The van der Waals surface area contributed by atoms with Gasteiger partial charge in [-0.05, 0) is 13.5 Å². The molecule has 2 aliphatic rings. The molecule has 0 aromatic carbocycles. The molecule has 1 aromatic rings. The largest absolute Gasteiger partial charge is 0.361 e. The fourth-order valence-electron chi connectivity index (χ4n) is 3.05. The normalized spacial score (nSPS) is 26.4. The van der Waals surface area contributed by atoms with Gasteiger partial charge in [-0.1, -0.05) is 12.1 Å². The molecule has 3 rings (SSSR count). The smallest absolute Gasteiger partial charge is 0.276 e. The Balaban J connectivity index is 1.80. The molecule has 0 aliphatic carbocycles. The topological polar surface area (TPSA) is 78.7 Å². The Morgan fingerprint density at radius 2 is 2.24 bits per heavy atom. The number of fused-ring (bicyclic) bond motifs is 3. The molecule has 2 bridgehead atoms. The van der Waals surface area contributed by atoms with Crippen LogP contribution in [0.25, 0.3) is 0 Å². The predicted octanol–water partition coefficient (Wildman–Crippen LogP) is -0.125. The van der Waals surface area contributed by atoms with Gasteiger partial charge in [-0.2, -0.15) is 0 Å². The Labute approximate surface area is 123 Å². The molecule has 2 aliphatic heterocycles. The number of aromatic nitrogens is 1. The zero-order valence-corrected chi connectivity index (χ0v) is 12.3. The molecule has 2 amide bonds. The molecule has 21 heavy (non-hydrogen) atoms. The molecule has 0 radical (unpaired) electrons. The SMILES string of the molecule is CCN1C[C@H]2CN(C(=O)c3cc(C)on3)C[C@@H](C1)C(=O)N2. The highest BCUT2D eigenvalue weighted by Gasteiger charge is 2.37. The number of hydrogen-bond acceptors (Lipinski definition) is 5. The number of carbonyl (C=O) groups is 2. The molecule has 0 unspecified atom stereocenters. The number of carbonyl (C=O) groups excluding carboxylic acids is 2. The van der Waals surface area contributed by atoms with E-state index in [1.54, 1.807) is 17.9 Å². The first-order chi connectivity index (χ1) is 10.1. The first kappa shape index (κ1) is 14.1. The zero-order valence-electron chi connectivity index (χ0n) is 12.3. The Morgan fingerprint density at radius 3 is 2.90 bits per heavy atom. The van der Waals surface area contributed by atoms with Crippen molar-refractivity contribution in [2.24, 2.45) is 5.92 Å². The third-order valence-corrected chi connectivity index (χ3v) is 4.14. The minimum atomic E-state index is -0.186. The van der Waals surface area contributed by atoms with Crippen LogP contribution in [0.2, 0.25) is 0 Å². The number of rotatable bonds is 2. The van der Waals surface area contributed by atoms with Gasteiger partial charge in [0.05, 0.1) is 12.0 Å². The quantitative estimate of drug-likeness (QED) is 0.822. The highest BCUT2D eigenvalue weighted by molar-refractivity contribution is 5.93. The van der Waals surface area contributed by atoms with Crippen molar-refractivity contribution >= 4 is 11.8 Å². The van der Waals surface area contributed by atoms with Gasteiger partial charge >= 0.3 is 0 Å². The first-order valence-corrected chi connectivity index (χ1v) is 7.32. The molecule has 1 N–H and O–H groups in total. The standard InChI is InChI=1S/C14H20N4O3/c1-3-17-5-10-6-18(8-11(7-17)15-13(10)19)14(20)12-4-9(2)21-16-12/h4,10-11H,3,5-8H2,1-2H3,(H,15,19)/t10-,11+/m1/s1. The summed E-state index contributed by atoms with van der Waals surface area (Å²) in [5.74, 6) is 0.306. The van der Waals surface area contributed by atoms with Crippen LogP contribution in [0.1, 0.15) is 23.2 Å². The van der Waals surface area contributed by atoms with Crippen LogP contribution in [0.4, 0.5) is 0 Å². The Bertz CT molecular complexity index is 556. The van der Waals surface area contributed by atoms with Crippen LogP contribution < -0.4 is 5.32 Å². The summed E-state index contributed by atoms with van der Waals surface area (Å²) in [5.41, 5.74) is 0.312. The lowest BCUT2D eigenvalue weighted by Gasteiger charge is -2.32. The summed E-state index contributed by atoms with van der Waals surface area (Å²) in [6, 6.07) is 1.61. The van der Waals surface area contributed by atoms with Crippen LogP contribution in [0.5, 0.6) is 0 Å². The van der Waals surface area contributed by atoms with Gasteiger partial charge in [0, 0.05) is 32.2 Å². The van der Waals surface area contributed by atoms with Crippen molar-refractivity contribution in [3.05, 3.63) is 17.5 Å². The van der Waals surface area contributed by atoms with Gasteiger partial charge in [-0.25, -0.2) is 0 Å². The van der Waals surface area contributed by atoms with Gasteiger partial charge < -0.3 is 19.6 Å². The third-order valence-electron chi connectivity index (χ3n) is 4.14. The molecule has 2 saturated heterocycles. The number of nitrogens with zero attached hydrogens (tertiary/aromatic N) is 3. The Kier molecular flexibility index (Phi) is 3.67. The second-order valence-electron chi connectivity index (χ2n) is 5.79. The summed E-state index contributed by atoms with van der Waals surface area (Å²) in [6.45, 7) is 7.18. The van der Waals surface area contributed by atoms with Crippen molar-refractivity contribution in [1.29, 1.82) is 0 Å². The third kappa shape index (κ3) is 2.78. The molecule has 7 heteroatoms. The van der Waals surface area contributed by atoms with E-state index in [0.717, 1.165) is 13.1 Å². The highest BCUT2D eigenvalue weighted by atomic mass is 16.5. The van der Waals surface area contributed by atoms with Crippen molar-refractivity contribution in [3.8, 4) is 0 Å². The van der Waals surface area contributed by atoms with Crippen LogP contribution in [-0.2, 0) is 4.79 Å². The van der Waals surface area contributed by atoms with Crippen LogP contribution in [-0.4, -0.2) is 65.5 Å². The van der Waals surface area contributed by atoms with Gasteiger partial charge in [0.25, 0.3) is 5.91 Å². The molecule has 2 atom stereocenters. The second-order valence-corrected chi connectivity index (χ2v) is 5.79. The van der Waals surface area contributed by atoms with Gasteiger partial charge in [0.1, 0.15) is 5.76 Å². The van der Waals surface area contributed by atoms with Gasteiger partial charge in [0.15, 0.2) is 5.69 Å². The molecule has 0 saturated carbocycles. The maximum absolute atomic E-state index is 12.5. The number of nitrogens with one attached hydrogen (secondary N) is 1.